The van der Waals surface area contributed by atoms with E-state index in [0.29, 0.717) is 0 Å². The highest BCUT2D eigenvalue weighted by atomic mass is 16.7. The Hall–Kier alpha value is -2.49. The molecule has 0 aliphatic rings. The second-order valence-electron chi connectivity index (χ2n) is 5.31. The van der Waals surface area contributed by atoms with Crippen molar-refractivity contribution < 1.29 is 43.9 Å². The van der Waals surface area contributed by atoms with Crippen LogP contribution >= 0.6 is 0 Å². The number of hydrogen-bond acceptors (Lipinski definition) is 6. The summed E-state index contributed by atoms with van der Waals surface area (Å²) in [5.41, 5.74) is 0.493. The molecular formula is C18H30O9. The monoisotopic (exact) mass is 390 g/mol. The van der Waals surface area contributed by atoms with Crippen molar-refractivity contribution in [3.8, 4) is 0 Å². The molecule has 0 aliphatic carbocycles. The molecule has 0 heterocycles. The van der Waals surface area contributed by atoms with E-state index in [9.17, 15) is 14.4 Å². The maximum Gasteiger partial charge on any atom is 0.331 e. The van der Waals surface area contributed by atoms with E-state index >= 15 is 0 Å². The minimum Gasteiger partial charge on any atom is -0.478 e. The first-order valence-corrected chi connectivity index (χ1v) is 7.55. The lowest BCUT2D eigenvalue weighted by atomic mass is 10.1. The van der Waals surface area contributed by atoms with Gasteiger partial charge in [0.2, 0.25) is 5.79 Å². The van der Waals surface area contributed by atoms with Crippen molar-refractivity contribution in [2.45, 2.75) is 39.6 Å². The van der Waals surface area contributed by atoms with Crippen molar-refractivity contribution in [1.82, 2.24) is 0 Å². The van der Waals surface area contributed by atoms with Gasteiger partial charge in [-0.25, -0.2) is 14.4 Å². The topological polar surface area (TPSA) is 140 Å². The van der Waals surface area contributed by atoms with Crippen LogP contribution in [0, 0.1) is 0 Å². The Kier molecular flexibility index (Phi) is 15.9. The summed E-state index contributed by atoms with van der Waals surface area (Å²) in [5.74, 6) is -4.06. The number of hydrogen-bond donors (Lipinski definition) is 3. The van der Waals surface area contributed by atoms with Crippen LogP contribution in [0.25, 0.3) is 0 Å². The molecule has 9 nitrogen and oxygen atoms in total. The van der Waals surface area contributed by atoms with Gasteiger partial charge in [-0.15, -0.1) is 0 Å². The summed E-state index contributed by atoms with van der Waals surface area (Å²) >= 11 is 0. The number of carboxylic acid groups (broad SMARTS) is 3. The molecule has 1 atom stereocenters. The van der Waals surface area contributed by atoms with Gasteiger partial charge >= 0.3 is 17.9 Å². The fourth-order valence-electron chi connectivity index (χ4n) is 1.18. The number of aliphatic carboxylic acids is 3. The highest BCUT2D eigenvalue weighted by molar-refractivity contribution is 5.86. The van der Waals surface area contributed by atoms with Gasteiger partial charge in [0, 0.05) is 38.0 Å². The van der Waals surface area contributed by atoms with E-state index in [0.717, 1.165) is 0 Å². The maximum atomic E-state index is 10.7. The molecule has 9 heteroatoms. The van der Waals surface area contributed by atoms with E-state index in [2.05, 4.69) is 13.2 Å². The minimum atomic E-state index is -1.17. The zero-order valence-corrected chi connectivity index (χ0v) is 16.9. The highest BCUT2D eigenvalue weighted by Gasteiger charge is 2.35. The fraction of sp³-hybridized carbons (Fsp3) is 0.500. The summed E-state index contributed by atoms with van der Waals surface area (Å²) in [7, 11) is 4.37. The van der Waals surface area contributed by atoms with E-state index in [-0.39, 0.29) is 16.7 Å². The third-order valence-corrected chi connectivity index (χ3v) is 3.04. The van der Waals surface area contributed by atoms with Gasteiger partial charge in [0.1, 0.15) is 6.10 Å². The van der Waals surface area contributed by atoms with Gasteiger partial charge in [-0.2, -0.15) is 0 Å². The predicted molar refractivity (Wildman–Crippen MR) is 99.5 cm³/mol. The normalized spacial score (nSPS) is 11.7. The molecule has 0 radical (unpaired) electrons. The van der Waals surface area contributed by atoms with E-state index in [1.54, 1.807) is 6.92 Å². The Balaban J connectivity index is -0.000000394. The average Bonchev–Trinajstić information content (AvgIpc) is 2.59. The Morgan fingerprint density at radius 1 is 0.852 bits per heavy atom. The Bertz CT molecular complexity index is 509. The number of carbonyl (C=O) groups is 3. The molecule has 0 bridgehead atoms. The minimum absolute atomic E-state index is 0.141. The first-order chi connectivity index (χ1) is 12.2. The van der Waals surface area contributed by atoms with E-state index in [1.165, 1.54) is 48.2 Å². The van der Waals surface area contributed by atoms with Crippen molar-refractivity contribution in [2.75, 3.05) is 21.3 Å². The molecule has 0 aromatic rings. The van der Waals surface area contributed by atoms with Gasteiger partial charge in [-0.1, -0.05) is 13.2 Å². The lowest BCUT2D eigenvalue weighted by molar-refractivity contribution is -0.228. The molecule has 0 aromatic carbocycles. The number of rotatable bonds is 8. The lowest BCUT2D eigenvalue weighted by Gasteiger charge is -2.32. The van der Waals surface area contributed by atoms with Crippen LogP contribution in [0.4, 0.5) is 0 Å². The molecule has 0 saturated carbocycles. The fourth-order valence-corrected chi connectivity index (χ4v) is 1.18. The molecule has 0 spiro atoms. The van der Waals surface area contributed by atoms with Crippen LogP contribution in [-0.4, -0.2) is 66.4 Å². The molecule has 3 N–H and O–H groups in total. The molecule has 0 fully saturated rings. The summed E-state index contributed by atoms with van der Waals surface area (Å²) in [5, 5.41) is 24.6. The average molecular weight is 390 g/mol. The van der Waals surface area contributed by atoms with Crippen LogP contribution in [0.1, 0.15) is 27.7 Å². The summed E-state index contributed by atoms with van der Waals surface area (Å²) in [6.07, 6.45) is 0.977. The second-order valence-corrected chi connectivity index (χ2v) is 5.31. The van der Waals surface area contributed by atoms with E-state index in [4.69, 9.17) is 29.5 Å². The molecule has 0 saturated heterocycles. The van der Waals surface area contributed by atoms with Gasteiger partial charge in [0.15, 0.2) is 0 Å². The summed E-state index contributed by atoms with van der Waals surface area (Å²) in [6, 6.07) is 0. The van der Waals surface area contributed by atoms with Gasteiger partial charge in [-0.05, 0) is 33.8 Å². The lowest BCUT2D eigenvalue weighted by Crippen LogP contribution is -2.44. The Morgan fingerprint density at radius 2 is 1.15 bits per heavy atom. The molecule has 0 amide bonds. The van der Waals surface area contributed by atoms with Crippen LogP contribution in [0.15, 0.2) is 36.0 Å². The molecule has 156 valence electrons. The van der Waals surface area contributed by atoms with E-state index < -0.39 is 29.8 Å². The standard InChI is InChI=1S/C10H18O5.2C4H6O2/c1-7(9(11)12)6-10(14-4,15-5)8(2)13-3;2*1-3(2)4(5)6/h6,8H,1-5H3,(H,11,12);2*1H2,2H3,(H,5,6). The molecule has 0 aromatic heterocycles. The Morgan fingerprint density at radius 3 is 1.30 bits per heavy atom. The molecule has 27 heavy (non-hydrogen) atoms. The van der Waals surface area contributed by atoms with Crippen LogP contribution in [-0.2, 0) is 28.6 Å². The van der Waals surface area contributed by atoms with Crippen LogP contribution in [0.5, 0.6) is 0 Å². The van der Waals surface area contributed by atoms with Crippen molar-refractivity contribution in [3.05, 3.63) is 36.0 Å². The third-order valence-electron chi connectivity index (χ3n) is 3.04. The SMILES string of the molecule is C=C(C)C(=O)O.C=C(C)C(=O)O.COC(C)C(C=C(C)C(=O)O)(OC)OC. The molecule has 0 aliphatic heterocycles. The summed E-state index contributed by atoms with van der Waals surface area (Å²) < 4.78 is 15.4. The quantitative estimate of drug-likeness (QED) is 0.421. The van der Waals surface area contributed by atoms with Crippen LogP contribution < -0.4 is 0 Å². The predicted octanol–water partition coefficient (Wildman–Crippen LogP) is 2.34. The van der Waals surface area contributed by atoms with Crippen molar-refractivity contribution in [3.63, 3.8) is 0 Å². The molecule has 1 unspecified atom stereocenters. The maximum absolute atomic E-state index is 10.7. The van der Waals surface area contributed by atoms with Gasteiger partial charge < -0.3 is 29.5 Å². The van der Waals surface area contributed by atoms with Gasteiger partial charge in [0.25, 0.3) is 0 Å². The third kappa shape index (κ3) is 13.4. The van der Waals surface area contributed by atoms with Crippen molar-refractivity contribution in [2.24, 2.45) is 0 Å². The Labute approximate surface area is 159 Å². The zero-order chi connectivity index (χ0) is 22.4. The first-order valence-electron chi connectivity index (χ1n) is 7.55. The zero-order valence-electron chi connectivity index (χ0n) is 16.9. The molecular weight excluding hydrogens is 360 g/mol. The second kappa shape index (κ2) is 14.7. The van der Waals surface area contributed by atoms with Gasteiger partial charge in [-0.3, -0.25) is 0 Å². The van der Waals surface area contributed by atoms with E-state index in [1.807, 2.05) is 0 Å². The molecule has 0 rings (SSSR count). The number of ether oxygens (including phenoxy) is 3. The highest BCUT2D eigenvalue weighted by Crippen LogP contribution is 2.22. The smallest absolute Gasteiger partial charge is 0.331 e. The van der Waals surface area contributed by atoms with Crippen molar-refractivity contribution >= 4 is 17.9 Å². The number of methoxy groups -OCH3 is 3. The first kappa shape index (κ1) is 29.3. The summed E-state index contributed by atoms with van der Waals surface area (Å²) in [4.78, 5) is 29.9. The van der Waals surface area contributed by atoms with Gasteiger partial charge in [0.05, 0.1) is 0 Å². The van der Waals surface area contributed by atoms with Crippen LogP contribution in [0.2, 0.25) is 0 Å². The summed E-state index contributed by atoms with van der Waals surface area (Å²) in [6.45, 7) is 12.4. The van der Waals surface area contributed by atoms with Crippen molar-refractivity contribution in [1.29, 1.82) is 0 Å². The largest absolute Gasteiger partial charge is 0.478 e. The number of carboxylic acids is 3. The van der Waals surface area contributed by atoms with Crippen LogP contribution in [0.3, 0.4) is 0 Å².